The van der Waals surface area contributed by atoms with Gasteiger partial charge in [0.2, 0.25) is 5.69 Å². The standard InChI is InChI=1S/C51H65ClN3/c1-50(2)44(42(24-16-34-54(5,6)7)43-29-25-36-18-11-13-22-40(36)47(43)50)30-26-38-20-15-21-39(49(38)52)28-32-46-51(3,4)48-41-23-14-12-19-37(41)27-31-45(48)53(46)33-17-35-55(8,9)10/h11-14,18-19,22-23,25-32,42H,15-17,20-21,24,33-35H2,1-10H3/q+3. The van der Waals surface area contributed by atoms with Gasteiger partial charge in [-0.15, -0.1) is 0 Å². The fourth-order valence-corrected chi connectivity index (χ4v) is 10.3. The second-order valence-electron chi connectivity index (χ2n) is 19.6. The highest BCUT2D eigenvalue weighted by Gasteiger charge is 2.46. The number of hydrogen-bond donors (Lipinski definition) is 0. The van der Waals surface area contributed by atoms with Crippen LogP contribution < -0.4 is 0 Å². The molecule has 3 nitrogen and oxygen atoms in total. The van der Waals surface area contributed by atoms with Gasteiger partial charge >= 0.3 is 0 Å². The Morgan fingerprint density at radius 1 is 0.691 bits per heavy atom. The molecule has 1 unspecified atom stereocenters. The predicted molar refractivity (Wildman–Crippen MR) is 238 cm³/mol. The number of benzene rings is 4. The van der Waals surface area contributed by atoms with Gasteiger partial charge in [0.1, 0.15) is 0 Å². The minimum Gasteiger partial charge on any atom is -0.331 e. The lowest BCUT2D eigenvalue weighted by molar-refractivity contribution is -0.871. The highest BCUT2D eigenvalue weighted by atomic mass is 35.5. The van der Waals surface area contributed by atoms with Gasteiger partial charge in [-0.2, -0.15) is 4.58 Å². The van der Waals surface area contributed by atoms with E-state index in [2.05, 4.69) is 172 Å². The van der Waals surface area contributed by atoms with Crippen LogP contribution in [0.15, 0.2) is 119 Å². The molecule has 0 saturated heterocycles. The van der Waals surface area contributed by atoms with Crippen LogP contribution in [-0.4, -0.2) is 81.2 Å². The fourth-order valence-electron chi connectivity index (χ4n) is 9.99. The Balaban J connectivity index is 1.25. The van der Waals surface area contributed by atoms with E-state index in [-0.39, 0.29) is 10.8 Å². The number of fused-ring (bicyclic) bond motifs is 6. The first-order valence-corrected chi connectivity index (χ1v) is 21.1. The van der Waals surface area contributed by atoms with Gasteiger partial charge in [-0.3, -0.25) is 0 Å². The zero-order valence-corrected chi connectivity index (χ0v) is 36.2. The minimum atomic E-state index is -0.137. The van der Waals surface area contributed by atoms with Gasteiger partial charge < -0.3 is 8.97 Å². The number of nitrogens with zero attached hydrogens (tertiary/aromatic N) is 3. The maximum absolute atomic E-state index is 7.44. The molecule has 288 valence electrons. The van der Waals surface area contributed by atoms with Crippen LogP contribution in [-0.2, 0) is 10.8 Å². The normalized spacial score (nSPS) is 21.2. The molecule has 0 saturated carbocycles. The van der Waals surface area contributed by atoms with E-state index >= 15 is 0 Å². The molecule has 4 aromatic rings. The van der Waals surface area contributed by atoms with Crippen LogP contribution in [0.1, 0.15) is 88.8 Å². The molecule has 0 radical (unpaired) electrons. The molecule has 1 heterocycles. The van der Waals surface area contributed by atoms with Crippen LogP contribution in [0.4, 0.5) is 5.69 Å². The largest absolute Gasteiger partial charge is 0.331 e. The SMILES string of the molecule is CC1(C)C(=CC=C2CCCC(C=CC3=[N+](CCC[N+](C)(C)C)c4ccc5ccccc5c4C3(C)C)=C2Cl)C(CCC[N+](C)(C)C)c2ccc3ccccc3c21. The van der Waals surface area contributed by atoms with Gasteiger partial charge in [-0.1, -0.05) is 110 Å². The number of halogens is 1. The van der Waals surface area contributed by atoms with Crippen LogP contribution >= 0.6 is 11.6 Å². The van der Waals surface area contributed by atoms with Crippen molar-refractivity contribution in [3.05, 3.63) is 136 Å². The molecule has 0 amide bonds. The van der Waals surface area contributed by atoms with Crippen LogP contribution in [0.2, 0.25) is 0 Å². The van der Waals surface area contributed by atoms with Crippen molar-refractivity contribution >= 4 is 44.5 Å². The lowest BCUT2D eigenvalue weighted by Gasteiger charge is -2.27. The Morgan fingerprint density at radius 2 is 1.31 bits per heavy atom. The lowest BCUT2D eigenvalue weighted by atomic mass is 9.78. The summed E-state index contributed by atoms with van der Waals surface area (Å²) in [6, 6.07) is 27.3. The quantitative estimate of drug-likeness (QED) is 0.106. The Morgan fingerprint density at radius 3 is 1.98 bits per heavy atom. The molecule has 0 N–H and O–H groups in total. The van der Waals surface area contributed by atoms with Crippen LogP contribution in [0.5, 0.6) is 0 Å². The molecule has 7 rings (SSSR count). The van der Waals surface area contributed by atoms with Crippen molar-refractivity contribution in [2.24, 2.45) is 0 Å². The van der Waals surface area contributed by atoms with Crippen LogP contribution in [0.25, 0.3) is 21.5 Å². The summed E-state index contributed by atoms with van der Waals surface area (Å²) in [6.45, 7) is 13.0. The van der Waals surface area contributed by atoms with Crippen molar-refractivity contribution in [1.82, 2.24) is 0 Å². The average Bonchev–Trinajstić information content (AvgIpc) is 3.47. The second-order valence-corrected chi connectivity index (χ2v) is 20.0. The zero-order valence-electron chi connectivity index (χ0n) is 35.4. The van der Waals surface area contributed by atoms with Crippen molar-refractivity contribution in [3.8, 4) is 0 Å². The summed E-state index contributed by atoms with van der Waals surface area (Å²) in [7, 11) is 13.8. The first-order valence-electron chi connectivity index (χ1n) is 20.8. The predicted octanol–water partition coefficient (Wildman–Crippen LogP) is 12.1. The lowest BCUT2D eigenvalue weighted by Crippen LogP contribution is -2.36. The molecule has 0 fully saturated rings. The van der Waals surface area contributed by atoms with E-state index in [0.717, 1.165) is 59.2 Å². The maximum atomic E-state index is 7.44. The van der Waals surface area contributed by atoms with Gasteiger partial charge in [0.25, 0.3) is 0 Å². The van der Waals surface area contributed by atoms with Gasteiger partial charge in [0.15, 0.2) is 12.3 Å². The summed E-state index contributed by atoms with van der Waals surface area (Å²) in [6.07, 6.45) is 16.2. The summed E-state index contributed by atoms with van der Waals surface area (Å²) >= 11 is 7.44. The van der Waals surface area contributed by atoms with E-state index in [9.17, 15) is 0 Å². The van der Waals surface area contributed by atoms with Gasteiger partial charge in [0, 0.05) is 34.1 Å². The topological polar surface area (TPSA) is 3.01 Å². The Kier molecular flexibility index (Phi) is 10.7. The van der Waals surface area contributed by atoms with E-state index in [1.165, 1.54) is 79.3 Å². The third kappa shape index (κ3) is 7.82. The summed E-state index contributed by atoms with van der Waals surface area (Å²) in [5.74, 6) is 0.408. The number of hydrogen-bond acceptors (Lipinski definition) is 0. The molecule has 1 atom stereocenters. The van der Waals surface area contributed by atoms with E-state index < -0.39 is 0 Å². The molecular weight excluding hydrogens is 690 g/mol. The third-order valence-electron chi connectivity index (χ3n) is 12.7. The van der Waals surface area contributed by atoms with Gasteiger partial charge in [0.05, 0.1) is 67.2 Å². The van der Waals surface area contributed by atoms with E-state index in [1.807, 2.05) is 0 Å². The summed E-state index contributed by atoms with van der Waals surface area (Å²) in [4.78, 5) is 0. The smallest absolute Gasteiger partial charge is 0.210 e. The summed E-state index contributed by atoms with van der Waals surface area (Å²) < 4.78 is 4.57. The Bertz CT molecular complexity index is 2280. The van der Waals surface area contributed by atoms with Crippen molar-refractivity contribution in [1.29, 1.82) is 0 Å². The van der Waals surface area contributed by atoms with Crippen molar-refractivity contribution in [3.63, 3.8) is 0 Å². The van der Waals surface area contributed by atoms with Crippen molar-refractivity contribution in [2.75, 3.05) is 61.9 Å². The monoisotopic (exact) mass is 754 g/mol. The average molecular weight is 756 g/mol. The van der Waals surface area contributed by atoms with Crippen LogP contribution in [0.3, 0.4) is 0 Å². The third-order valence-corrected chi connectivity index (χ3v) is 13.2. The summed E-state index contributed by atoms with van der Waals surface area (Å²) in [5.41, 5.74) is 11.0. The molecular formula is C51H65ClN3+3. The number of allylic oxidation sites excluding steroid dienone is 8. The van der Waals surface area contributed by atoms with Crippen molar-refractivity contribution < 1.29 is 13.5 Å². The fraction of sp³-hybridized carbons (Fsp3) is 0.431. The molecule has 1 aliphatic heterocycles. The molecule has 4 aromatic carbocycles. The Labute approximate surface area is 337 Å². The first kappa shape index (κ1) is 39.5. The second kappa shape index (κ2) is 15.0. The van der Waals surface area contributed by atoms with E-state index in [4.69, 9.17) is 11.6 Å². The highest BCUT2D eigenvalue weighted by Crippen LogP contribution is 2.54. The minimum absolute atomic E-state index is 0.0681. The zero-order chi connectivity index (χ0) is 39.3. The van der Waals surface area contributed by atoms with E-state index in [1.54, 1.807) is 0 Å². The van der Waals surface area contributed by atoms with E-state index in [0.29, 0.717) is 5.92 Å². The van der Waals surface area contributed by atoms with Gasteiger partial charge in [-0.05, 0) is 95.8 Å². The number of quaternary nitrogens is 2. The first-order chi connectivity index (χ1) is 26.0. The molecule has 2 aliphatic carbocycles. The maximum Gasteiger partial charge on any atom is 0.210 e. The number of rotatable bonds is 11. The molecule has 0 spiro atoms. The van der Waals surface area contributed by atoms with Crippen LogP contribution in [0, 0.1) is 0 Å². The van der Waals surface area contributed by atoms with Crippen molar-refractivity contribution in [2.45, 2.75) is 83.0 Å². The van der Waals surface area contributed by atoms with Gasteiger partial charge in [-0.25, -0.2) is 0 Å². The molecule has 0 aromatic heterocycles. The Hall–Kier alpha value is -3.76. The highest BCUT2D eigenvalue weighted by molar-refractivity contribution is 6.32. The molecule has 3 aliphatic rings. The molecule has 0 bridgehead atoms. The molecule has 4 heteroatoms. The molecule has 55 heavy (non-hydrogen) atoms. The summed E-state index contributed by atoms with van der Waals surface area (Å²) in [5, 5.41) is 6.34.